The van der Waals surface area contributed by atoms with E-state index in [1.54, 1.807) is 23.9 Å². The number of hydroxylamine groups is 1. The molecule has 2 N–H and O–H groups in total. The first-order valence-corrected chi connectivity index (χ1v) is 8.60. The molecule has 0 saturated carbocycles. The van der Waals surface area contributed by atoms with Gasteiger partial charge in [-0.25, -0.2) is 5.48 Å². The van der Waals surface area contributed by atoms with Crippen LogP contribution in [-0.4, -0.2) is 46.1 Å². The van der Waals surface area contributed by atoms with Gasteiger partial charge in [0.1, 0.15) is 5.76 Å². The van der Waals surface area contributed by atoms with E-state index in [1.807, 2.05) is 24.3 Å². The summed E-state index contributed by atoms with van der Waals surface area (Å²) in [5, 5.41) is 8.67. The molecule has 25 heavy (non-hydrogen) atoms. The van der Waals surface area contributed by atoms with Crippen molar-refractivity contribution in [3.8, 4) is 0 Å². The van der Waals surface area contributed by atoms with Gasteiger partial charge in [0, 0.05) is 37.3 Å². The smallest absolute Gasteiger partial charge is 0.274 e. The third-order valence-corrected chi connectivity index (χ3v) is 4.82. The highest BCUT2D eigenvalue weighted by Gasteiger charge is 2.29. The second-order valence-corrected chi connectivity index (χ2v) is 6.78. The van der Waals surface area contributed by atoms with E-state index in [-0.39, 0.29) is 0 Å². The zero-order valence-electron chi connectivity index (χ0n) is 14.7. The van der Waals surface area contributed by atoms with Crippen molar-refractivity contribution >= 4 is 5.91 Å². The van der Waals surface area contributed by atoms with Gasteiger partial charge in [0.15, 0.2) is 0 Å². The first kappa shape index (κ1) is 17.7. The molecule has 0 bridgehead atoms. The van der Waals surface area contributed by atoms with Crippen LogP contribution in [0.3, 0.4) is 0 Å². The van der Waals surface area contributed by atoms with E-state index in [0.717, 1.165) is 37.5 Å². The van der Waals surface area contributed by atoms with E-state index in [1.165, 1.54) is 0 Å². The van der Waals surface area contributed by atoms with Crippen molar-refractivity contribution in [1.82, 2.24) is 15.3 Å². The number of rotatable bonds is 5. The normalized spacial score (nSPS) is 22.0. The van der Waals surface area contributed by atoms with Crippen LogP contribution in [0.25, 0.3) is 0 Å². The average Bonchev–Trinajstić information content (AvgIpc) is 3.11. The van der Waals surface area contributed by atoms with Crippen LogP contribution in [0.5, 0.6) is 0 Å². The Labute approximate surface area is 148 Å². The van der Waals surface area contributed by atoms with E-state index < -0.39 is 5.91 Å². The van der Waals surface area contributed by atoms with Crippen molar-refractivity contribution in [2.75, 3.05) is 13.1 Å². The van der Waals surface area contributed by atoms with Crippen LogP contribution in [0.1, 0.15) is 35.5 Å². The lowest BCUT2D eigenvalue weighted by molar-refractivity contribution is 0.0246. The molecule has 6 nitrogen and oxygen atoms in total. The number of benzene rings is 1. The van der Waals surface area contributed by atoms with Crippen LogP contribution < -0.4 is 5.48 Å². The van der Waals surface area contributed by atoms with Crippen LogP contribution in [0, 0.1) is 0 Å². The van der Waals surface area contributed by atoms with Crippen LogP contribution in [0.4, 0.5) is 0 Å². The molecule has 1 unspecified atom stereocenters. The zero-order chi connectivity index (χ0) is 17.8. The average molecular weight is 343 g/mol. The van der Waals surface area contributed by atoms with E-state index in [4.69, 9.17) is 9.62 Å². The fourth-order valence-corrected chi connectivity index (χ4v) is 3.57. The number of nitrogens with zero attached hydrogens (tertiary/aromatic N) is 2. The topological polar surface area (TPSA) is 69.0 Å². The molecule has 1 aromatic carbocycles. The second kappa shape index (κ2) is 7.82. The monoisotopic (exact) mass is 343 g/mol. The van der Waals surface area contributed by atoms with Crippen molar-refractivity contribution in [3.05, 3.63) is 59.5 Å². The molecule has 0 aliphatic carbocycles. The Hall–Kier alpha value is -2.15. The van der Waals surface area contributed by atoms with E-state index in [2.05, 4.69) is 23.6 Å². The van der Waals surface area contributed by atoms with Gasteiger partial charge in [0.05, 0.1) is 12.8 Å². The molecular formula is C19H25N3O3. The Balaban J connectivity index is 1.59. The summed E-state index contributed by atoms with van der Waals surface area (Å²) in [4.78, 5) is 16.3. The molecule has 1 saturated heterocycles. The van der Waals surface area contributed by atoms with Crippen molar-refractivity contribution in [3.63, 3.8) is 0 Å². The Morgan fingerprint density at radius 1 is 1.16 bits per heavy atom. The molecule has 3 rings (SSSR count). The van der Waals surface area contributed by atoms with Gasteiger partial charge in [-0.15, -0.1) is 0 Å². The number of furan rings is 1. The molecule has 1 aliphatic heterocycles. The van der Waals surface area contributed by atoms with Crippen LogP contribution in [0.15, 0.2) is 47.1 Å². The van der Waals surface area contributed by atoms with Gasteiger partial charge < -0.3 is 4.42 Å². The Bertz CT molecular complexity index is 672. The first-order chi connectivity index (χ1) is 12.1. The van der Waals surface area contributed by atoms with E-state index in [0.29, 0.717) is 17.6 Å². The number of hydrogen-bond acceptors (Lipinski definition) is 5. The maximum Gasteiger partial charge on any atom is 0.274 e. The minimum absolute atomic E-state index is 0.438. The summed E-state index contributed by atoms with van der Waals surface area (Å²) in [6, 6.07) is 12.2. The minimum Gasteiger partial charge on any atom is -0.468 e. The highest BCUT2D eigenvalue weighted by molar-refractivity contribution is 5.93. The SMILES string of the molecule is CC1CN(Cc2ccc(C(=O)NO)cc2)C[C@@H](C)N1Cc1ccco1. The standard InChI is InChI=1S/C19H25N3O3/c1-14-10-21(11-15(2)22(14)13-18-4-3-9-25-18)12-16-5-7-17(8-6-16)19(23)20-24/h3-9,14-15,24H,10-13H2,1-2H3,(H,20,23)/t14-,15?/m1/s1. The molecule has 2 atom stereocenters. The number of carbonyl (C=O) groups is 1. The summed E-state index contributed by atoms with van der Waals surface area (Å²) in [7, 11) is 0. The fourth-order valence-electron chi connectivity index (χ4n) is 3.57. The van der Waals surface area contributed by atoms with Gasteiger partial charge in [-0.1, -0.05) is 12.1 Å². The minimum atomic E-state index is -0.486. The molecule has 134 valence electrons. The summed E-state index contributed by atoms with van der Waals surface area (Å²) in [6.07, 6.45) is 1.72. The molecule has 1 aromatic heterocycles. The van der Waals surface area contributed by atoms with E-state index >= 15 is 0 Å². The third kappa shape index (κ3) is 4.28. The van der Waals surface area contributed by atoms with Crippen molar-refractivity contribution in [1.29, 1.82) is 0 Å². The summed E-state index contributed by atoms with van der Waals surface area (Å²) in [6.45, 7) is 8.17. The molecular weight excluding hydrogens is 318 g/mol. The summed E-state index contributed by atoms with van der Waals surface area (Å²) in [5.74, 6) is 0.519. The lowest BCUT2D eigenvalue weighted by atomic mass is 10.1. The highest BCUT2D eigenvalue weighted by atomic mass is 16.5. The van der Waals surface area contributed by atoms with Gasteiger partial charge >= 0.3 is 0 Å². The van der Waals surface area contributed by atoms with Crippen molar-refractivity contribution < 1.29 is 14.4 Å². The molecule has 2 aromatic rings. The Kier molecular flexibility index (Phi) is 5.53. The van der Waals surface area contributed by atoms with Crippen molar-refractivity contribution in [2.24, 2.45) is 0 Å². The third-order valence-electron chi connectivity index (χ3n) is 4.82. The zero-order valence-corrected chi connectivity index (χ0v) is 14.7. The first-order valence-electron chi connectivity index (χ1n) is 8.60. The van der Waals surface area contributed by atoms with E-state index in [9.17, 15) is 4.79 Å². The molecule has 0 radical (unpaired) electrons. The van der Waals surface area contributed by atoms with Gasteiger partial charge in [0.25, 0.3) is 5.91 Å². The molecule has 6 heteroatoms. The van der Waals surface area contributed by atoms with Gasteiger partial charge in [-0.05, 0) is 43.7 Å². The van der Waals surface area contributed by atoms with Gasteiger partial charge in [0.2, 0.25) is 0 Å². The number of hydrogen-bond donors (Lipinski definition) is 2. The summed E-state index contributed by atoms with van der Waals surface area (Å²) in [5.41, 5.74) is 3.27. The molecule has 1 fully saturated rings. The quantitative estimate of drug-likeness (QED) is 0.645. The predicted molar refractivity (Wildman–Crippen MR) is 94.1 cm³/mol. The molecule has 1 aliphatic rings. The number of carbonyl (C=O) groups excluding carboxylic acids is 1. The number of nitrogens with one attached hydrogen (secondary N) is 1. The van der Waals surface area contributed by atoms with Crippen LogP contribution in [0.2, 0.25) is 0 Å². The second-order valence-electron chi connectivity index (χ2n) is 6.78. The lowest BCUT2D eigenvalue weighted by Gasteiger charge is -2.44. The highest BCUT2D eigenvalue weighted by Crippen LogP contribution is 2.21. The fraction of sp³-hybridized carbons (Fsp3) is 0.421. The number of piperazine rings is 1. The summed E-state index contributed by atoms with van der Waals surface area (Å²) >= 11 is 0. The number of amides is 1. The molecule has 0 spiro atoms. The predicted octanol–water partition coefficient (Wildman–Crippen LogP) is 2.49. The Morgan fingerprint density at radius 2 is 1.84 bits per heavy atom. The molecule has 2 heterocycles. The maximum absolute atomic E-state index is 11.4. The van der Waals surface area contributed by atoms with Crippen LogP contribution in [-0.2, 0) is 13.1 Å². The largest absolute Gasteiger partial charge is 0.468 e. The van der Waals surface area contributed by atoms with Crippen molar-refractivity contribution in [2.45, 2.75) is 39.0 Å². The maximum atomic E-state index is 11.4. The Morgan fingerprint density at radius 3 is 2.40 bits per heavy atom. The van der Waals surface area contributed by atoms with Crippen LogP contribution >= 0.6 is 0 Å². The van der Waals surface area contributed by atoms with Gasteiger partial charge in [-0.3, -0.25) is 19.8 Å². The van der Waals surface area contributed by atoms with Gasteiger partial charge in [-0.2, -0.15) is 0 Å². The molecule has 1 amide bonds. The lowest BCUT2D eigenvalue weighted by Crippen LogP contribution is -2.55. The summed E-state index contributed by atoms with van der Waals surface area (Å²) < 4.78 is 5.49.